The van der Waals surface area contributed by atoms with Gasteiger partial charge in [0, 0.05) is 38.1 Å². The normalized spacial score (nSPS) is 12.3. The summed E-state index contributed by atoms with van der Waals surface area (Å²) in [5.41, 5.74) is 11.3. The molecule has 0 saturated carbocycles. The molecule has 4 heterocycles. The molecule has 0 fully saturated rings. The van der Waals surface area contributed by atoms with Crippen LogP contribution in [0.1, 0.15) is 0 Å². The molecule has 0 bridgehead atoms. The summed E-state index contributed by atoms with van der Waals surface area (Å²) in [7, 11) is 0. The predicted octanol–water partition coefficient (Wildman–Crippen LogP) is 10.7. The fourth-order valence-corrected chi connectivity index (χ4v) is 7.94. The zero-order chi connectivity index (χ0) is 29.9. The Labute approximate surface area is 262 Å². The molecule has 46 heavy (non-hydrogen) atoms. The SMILES string of the molecule is c1ccc(-c2nc(-c3ccc4c5c6ccccc6c6c7ccccc7n7c8ccccc8n(c4c3)c5c67)c3ccccc3n2)cc1. The number of fused-ring (bicyclic) bond motifs is 13. The van der Waals surface area contributed by atoms with E-state index < -0.39 is 0 Å². The lowest BCUT2D eigenvalue weighted by atomic mass is 9.98. The van der Waals surface area contributed by atoms with Crippen LogP contribution >= 0.6 is 0 Å². The van der Waals surface area contributed by atoms with E-state index in [4.69, 9.17) is 9.97 Å². The topological polar surface area (TPSA) is 34.6 Å². The zero-order valence-electron chi connectivity index (χ0n) is 24.6. The van der Waals surface area contributed by atoms with Gasteiger partial charge in [-0.15, -0.1) is 0 Å². The fourth-order valence-electron chi connectivity index (χ4n) is 7.94. The van der Waals surface area contributed by atoms with Crippen LogP contribution in [0, 0.1) is 0 Å². The molecule has 0 atom stereocenters. The summed E-state index contributed by atoms with van der Waals surface area (Å²) >= 11 is 0. The average molecular weight is 585 g/mol. The smallest absolute Gasteiger partial charge is 0.160 e. The molecule has 0 aliphatic heterocycles. The summed E-state index contributed by atoms with van der Waals surface area (Å²) in [5.74, 6) is 0.735. The van der Waals surface area contributed by atoms with Gasteiger partial charge in [0.2, 0.25) is 0 Å². The molecule has 4 nitrogen and oxygen atoms in total. The summed E-state index contributed by atoms with van der Waals surface area (Å²) in [4.78, 5) is 10.2. The third-order valence-corrected chi connectivity index (χ3v) is 9.81. The van der Waals surface area contributed by atoms with Gasteiger partial charge in [-0.05, 0) is 41.1 Å². The first-order valence-corrected chi connectivity index (χ1v) is 15.7. The maximum atomic E-state index is 5.22. The van der Waals surface area contributed by atoms with Crippen LogP contribution in [0.25, 0.3) is 99.0 Å². The van der Waals surface area contributed by atoms with Crippen LogP contribution in [0.5, 0.6) is 0 Å². The van der Waals surface area contributed by atoms with E-state index in [1.165, 1.54) is 65.4 Å². The molecule has 11 rings (SSSR count). The van der Waals surface area contributed by atoms with Crippen molar-refractivity contribution in [1.29, 1.82) is 0 Å². The Hall–Kier alpha value is -6.26. The van der Waals surface area contributed by atoms with Crippen LogP contribution in [0.4, 0.5) is 0 Å². The van der Waals surface area contributed by atoms with Crippen LogP contribution in [-0.4, -0.2) is 18.8 Å². The van der Waals surface area contributed by atoms with E-state index in [1.807, 2.05) is 24.3 Å². The fraction of sp³-hybridized carbons (Fsp3) is 0. The van der Waals surface area contributed by atoms with Gasteiger partial charge in [-0.1, -0.05) is 115 Å². The second-order valence-electron chi connectivity index (χ2n) is 12.2. The number of benzene rings is 7. The molecule has 11 aromatic rings. The largest absolute Gasteiger partial charge is 0.305 e. The number of rotatable bonds is 2. The standard InChI is InChI=1S/C42H24N4/c1-2-12-25(13-3-1)42-43-32-18-8-6-16-29(32)39(44-42)26-22-23-31-36(24-26)46-35-21-11-10-20-34(35)45-33-19-9-7-17-30(33)37-27-14-4-5-15-28(27)38(31)41(46)40(37)45/h1-24H. The number of hydrogen-bond donors (Lipinski definition) is 0. The van der Waals surface area contributed by atoms with Crippen molar-refractivity contribution in [3.05, 3.63) is 146 Å². The van der Waals surface area contributed by atoms with Crippen molar-refractivity contribution in [3.63, 3.8) is 0 Å². The lowest BCUT2D eigenvalue weighted by molar-refractivity contribution is 1.23. The lowest BCUT2D eigenvalue weighted by Crippen LogP contribution is -1.97. The lowest BCUT2D eigenvalue weighted by Gasteiger charge is -2.13. The highest BCUT2D eigenvalue weighted by Gasteiger charge is 2.25. The first-order chi connectivity index (χ1) is 22.8. The quantitative estimate of drug-likeness (QED) is 0.189. The molecule has 7 aromatic carbocycles. The summed E-state index contributed by atoms with van der Waals surface area (Å²) in [6.45, 7) is 0. The molecule has 4 heteroatoms. The van der Waals surface area contributed by atoms with E-state index >= 15 is 0 Å². The minimum absolute atomic E-state index is 0.735. The van der Waals surface area contributed by atoms with Crippen molar-refractivity contribution >= 4 is 76.3 Å². The Morgan fingerprint density at radius 2 is 0.913 bits per heavy atom. The first kappa shape index (κ1) is 24.1. The maximum Gasteiger partial charge on any atom is 0.160 e. The van der Waals surface area contributed by atoms with Crippen molar-refractivity contribution in [3.8, 4) is 22.6 Å². The van der Waals surface area contributed by atoms with Gasteiger partial charge in [0.1, 0.15) is 0 Å². The monoisotopic (exact) mass is 584 g/mol. The number of nitrogens with zero attached hydrogens (tertiary/aromatic N) is 4. The van der Waals surface area contributed by atoms with Gasteiger partial charge in [-0.25, -0.2) is 9.97 Å². The molecule has 0 N–H and O–H groups in total. The van der Waals surface area contributed by atoms with Gasteiger partial charge in [0.15, 0.2) is 5.82 Å². The second-order valence-corrected chi connectivity index (χ2v) is 12.2. The van der Waals surface area contributed by atoms with Gasteiger partial charge < -0.3 is 8.80 Å². The van der Waals surface area contributed by atoms with Crippen molar-refractivity contribution in [2.24, 2.45) is 0 Å². The van der Waals surface area contributed by atoms with E-state index in [0.29, 0.717) is 0 Å². The first-order valence-electron chi connectivity index (χ1n) is 15.7. The van der Waals surface area contributed by atoms with E-state index in [0.717, 1.165) is 33.5 Å². The molecule has 0 radical (unpaired) electrons. The van der Waals surface area contributed by atoms with Crippen LogP contribution in [-0.2, 0) is 0 Å². The van der Waals surface area contributed by atoms with Gasteiger partial charge in [-0.2, -0.15) is 0 Å². The number of aromatic nitrogens is 4. The molecule has 4 aromatic heterocycles. The van der Waals surface area contributed by atoms with E-state index in [1.54, 1.807) is 0 Å². The highest BCUT2D eigenvalue weighted by atomic mass is 15.0. The Kier molecular flexibility index (Phi) is 4.55. The summed E-state index contributed by atoms with van der Waals surface area (Å²) in [5, 5.41) is 8.74. The van der Waals surface area contributed by atoms with Crippen molar-refractivity contribution in [2.45, 2.75) is 0 Å². The Balaban J connectivity index is 1.36. The minimum atomic E-state index is 0.735. The zero-order valence-corrected chi connectivity index (χ0v) is 24.6. The summed E-state index contributed by atoms with van der Waals surface area (Å²) < 4.78 is 4.98. The molecule has 0 saturated heterocycles. The van der Waals surface area contributed by atoms with Crippen molar-refractivity contribution < 1.29 is 0 Å². The number of hydrogen-bond acceptors (Lipinski definition) is 2. The van der Waals surface area contributed by atoms with Crippen LogP contribution in [0.3, 0.4) is 0 Å². The Morgan fingerprint density at radius 3 is 1.63 bits per heavy atom. The molecular formula is C42H24N4. The second kappa shape index (κ2) is 8.68. The average Bonchev–Trinajstić information content (AvgIpc) is 3.66. The maximum absolute atomic E-state index is 5.22. The Bertz CT molecular complexity index is 2980. The van der Waals surface area contributed by atoms with E-state index in [2.05, 4.69) is 130 Å². The van der Waals surface area contributed by atoms with Crippen molar-refractivity contribution in [1.82, 2.24) is 18.8 Å². The Morgan fingerprint density at radius 1 is 0.370 bits per heavy atom. The van der Waals surface area contributed by atoms with Crippen LogP contribution in [0.15, 0.2) is 146 Å². The van der Waals surface area contributed by atoms with Gasteiger partial charge in [0.05, 0.1) is 44.3 Å². The highest BCUT2D eigenvalue weighted by molar-refractivity contribution is 6.37. The highest BCUT2D eigenvalue weighted by Crippen LogP contribution is 2.47. The summed E-state index contributed by atoms with van der Waals surface area (Å²) in [6, 6.07) is 52.1. The minimum Gasteiger partial charge on any atom is -0.305 e. The van der Waals surface area contributed by atoms with E-state index in [-0.39, 0.29) is 0 Å². The molecular weight excluding hydrogens is 560 g/mol. The molecule has 0 aliphatic rings. The molecule has 0 aliphatic carbocycles. The van der Waals surface area contributed by atoms with E-state index in [9.17, 15) is 0 Å². The molecule has 0 unspecified atom stereocenters. The third-order valence-electron chi connectivity index (χ3n) is 9.81. The molecule has 0 amide bonds. The van der Waals surface area contributed by atoms with Gasteiger partial charge >= 0.3 is 0 Å². The third kappa shape index (κ3) is 2.98. The van der Waals surface area contributed by atoms with Crippen molar-refractivity contribution in [2.75, 3.05) is 0 Å². The predicted molar refractivity (Wildman–Crippen MR) is 191 cm³/mol. The number of para-hydroxylation sites is 4. The molecule has 212 valence electrons. The van der Waals surface area contributed by atoms with Crippen LogP contribution in [0.2, 0.25) is 0 Å². The molecule has 0 spiro atoms. The summed E-state index contributed by atoms with van der Waals surface area (Å²) in [6.07, 6.45) is 0. The van der Waals surface area contributed by atoms with Crippen LogP contribution < -0.4 is 0 Å². The van der Waals surface area contributed by atoms with Gasteiger partial charge in [0.25, 0.3) is 0 Å². The van der Waals surface area contributed by atoms with Gasteiger partial charge in [-0.3, -0.25) is 0 Å².